The molecule has 1 aromatic heterocycles. The maximum atomic E-state index is 12.2. The first-order valence-electron chi connectivity index (χ1n) is 7.60. The lowest BCUT2D eigenvalue weighted by molar-refractivity contribution is 0.00933. The van der Waals surface area contributed by atoms with E-state index in [0.717, 1.165) is 25.9 Å². The van der Waals surface area contributed by atoms with Gasteiger partial charge in [-0.05, 0) is 52.0 Å². The second kappa shape index (κ2) is 6.79. The fourth-order valence-corrected chi connectivity index (χ4v) is 3.26. The molecule has 1 aliphatic rings. The van der Waals surface area contributed by atoms with E-state index in [1.165, 1.54) is 4.88 Å². The van der Waals surface area contributed by atoms with Crippen LogP contribution in [0.3, 0.4) is 0 Å². The van der Waals surface area contributed by atoms with Crippen molar-refractivity contribution in [2.45, 2.75) is 64.8 Å². The van der Waals surface area contributed by atoms with Crippen molar-refractivity contribution in [1.82, 2.24) is 10.2 Å². The highest BCUT2D eigenvalue weighted by molar-refractivity contribution is 7.09. The van der Waals surface area contributed by atoms with Crippen molar-refractivity contribution < 1.29 is 9.53 Å². The molecule has 4 nitrogen and oxygen atoms in total. The van der Waals surface area contributed by atoms with Crippen LogP contribution in [0.4, 0.5) is 4.79 Å². The molecule has 0 aliphatic carbocycles. The van der Waals surface area contributed by atoms with Crippen LogP contribution in [-0.4, -0.2) is 35.2 Å². The maximum Gasteiger partial charge on any atom is 0.410 e. The third-order valence-electron chi connectivity index (χ3n) is 3.65. The summed E-state index contributed by atoms with van der Waals surface area (Å²) in [5.74, 6) is 0. The van der Waals surface area contributed by atoms with Crippen molar-refractivity contribution in [2.24, 2.45) is 0 Å². The van der Waals surface area contributed by atoms with Crippen molar-refractivity contribution in [3.05, 3.63) is 22.4 Å². The zero-order chi connectivity index (χ0) is 15.5. The summed E-state index contributed by atoms with van der Waals surface area (Å²) in [5.41, 5.74) is -0.426. The first-order valence-corrected chi connectivity index (χ1v) is 8.48. The normalized spacial score (nSPS) is 23.1. The summed E-state index contributed by atoms with van der Waals surface area (Å²) >= 11 is 1.78. The predicted molar refractivity (Wildman–Crippen MR) is 86.6 cm³/mol. The molecule has 2 rings (SSSR count). The van der Waals surface area contributed by atoms with Gasteiger partial charge in [0.2, 0.25) is 0 Å². The summed E-state index contributed by atoms with van der Waals surface area (Å²) in [4.78, 5) is 15.4. The van der Waals surface area contributed by atoms with Gasteiger partial charge in [0.05, 0.1) is 0 Å². The van der Waals surface area contributed by atoms with Crippen LogP contribution in [0.1, 0.15) is 45.4 Å². The van der Waals surface area contributed by atoms with Gasteiger partial charge in [-0.2, -0.15) is 0 Å². The monoisotopic (exact) mass is 310 g/mol. The second-order valence-corrected chi connectivity index (χ2v) is 7.74. The smallest absolute Gasteiger partial charge is 0.410 e. The maximum absolute atomic E-state index is 12.2. The summed E-state index contributed by atoms with van der Waals surface area (Å²) < 4.78 is 5.47. The molecule has 21 heavy (non-hydrogen) atoms. The third-order valence-corrected chi connectivity index (χ3v) is 4.53. The van der Waals surface area contributed by atoms with E-state index in [1.54, 1.807) is 11.3 Å². The van der Waals surface area contributed by atoms with E-state index in [9.17, 15) is 4.79 Å². The Morgan fingerprint density at radius 1 is 1.52 bits per heavy atom. The number of amides is 1. The van der Waals surface area contributed by atoms with Crippen molar-refractivity contribution in [3.63, 3.8) is 0 Å². The van der Waals surface area contributed by atoms with Gasteiger partial charge in [0.25, 0.3) is 0 Å². The van der Waals surface area contributed by atoms with E-state index in [1.807, 2.05) is 25.7 Å². The average Bonchev–Trinajstić information content (AvgIpc) is 2.87. The van der Waals surface area contributed by atoms with Gasteiger partial charge in [0, 0.05) is 30.1 Å². The molecular formula is C16H26N2O2S. The fraction of sp³-hybridized carbons (Fsp3) is 0.688. The summed E-state index contributed by atoms with van der Waals surface area (Å²) in [6.45, 7) is 9.50. The predicted octanol–water partition coefficient (Wildman–Crippen LogP) is 3.63. The highest BCUT2D eigenvalue weighted by Gasteiger charge is 2.31. The summed E-state index contributed by atoms with van der Waals surface area (Å²) in [6, 6.07) is 4.92. The topological polar surface area (TPSA) is 41.6 Å². The molecule has 118 valence electrons. The number of piperidine rings is 1. The molecule has 2 unspecified atom stereocenters. The zero-order valence-electron chi connectivity index (χ0n) is 13.4. The Bertz CT molecular complexity index is 453. The first-order chi connectivity index (χ1) is 9.85. The van der Waals surface area contributed by atoms with Crippen LogP contribution in [0.5, 0.6) is 0 Å². The molecule has 5 heteroatoms. The Kier molecular flexibility index (Phi) is 5.27. The number of nitrogens with zero attached hydrogens (tertiary/aromatic N) is 1. The molecule has 1 amide bonds. The molecule has 1 aliphatic heterocycles. The van der Waals surface area contributed by atoms with Crippen LogP contribution in [0, 0.1) is 0 Å². The van der Waals surface area contributed by atoms with Crippen LogP contribution in [-0.2, 0) is 11.3 Å². The summed E-state index contributed by atoms with van der Waals surface area (Å²) in [6.07, 6.45) is 1.77. The lowest BCUT2D eigenvalue weighted by atomic mass is 9.98. The highest BCUT2D eigenvalue weighted by Crippen LogP contribution is 2.21. The molecule has 1 N–H and O–H groups in total. The Morgan fingerprint density at radius 3 is 2.86 bits per heavy atom. The van der Waals surface area contributed by atoms with Crippen LogP contribution < -0.4 is 5.32 Å². The molecule has 1 fully saturated rings. The Balaban J connectivity index is 1.80. The summed E-state index contributed by atoms with van der Waals surface area (Å²) in [5, 5.41) is 5.70. The number of hydrogen-bond acceptors (Lipinski definition) is 4. The number of carbonyl (C=O) groups excluding carboxylic acids is 1. The molecule has 1 saturated heterocycles. The average molecular weight is 310 g/mol. The minimum atomic E-state index is -0.426. The Morgan fingerprint density at radius 2 is 2.29 bits per heavy atom. The van der Waals surface area contributed by atoms with Gasteiger partial charge in [0.15, 0.2) is 0 Å². The molecule has 0 radical (unpaired) electrons. The lowest BCUT2D eigenvalue weighted by Gasteiger charge is -2.38. The number of likely N-dealkylation sites (tertiary alicyclic amines) is 1. The van der Waals surface area contributed by atoms with Gasteiger partial charge < -0.3 is 15.0 Å². The van der Waals surface area contributed by atoms with E-state index in [2.05, 4.69) is 29.8 Å². The number of nitrogens with one attached hydrogen (secondary N) is 1. The van der Waals surface area contributed by atoms with E-state index < -0.39 is 5.60 Å². The highest BCUT2D eigenvalue weighted by atomic mass is 32.1. The summed E-state index contributed by atoms with van der Waals surface area (Å²) in [7, 11) is 0. The number of rotatable bonds is 3. The second-order valence-electron chi connectivity index (χ2n) is 6.70. The minimum Gasteiger partial charge on any atom is -0.444 e. The number of hydrogen-bond donors (Lipinski definition) is 1. The molecule has 0 spiro atoms. The minimum absolute atomic E-state index is 0.188. The quantitative estimate of drug-likeness (QED) is 0.927. The first kappa shape index (κ1) is 16.3. The van der Waals surface area contributed by atoms with Gasteiger partial charge in [-0.15, -0.1) is 11.3 Å². The van der Waals surface area contributed by atoms with E-state index in [0.29, 0.717) is 6.04 Å². The SMILES string of the molecule is CC1CC(NCc2cccs2)CCN1C(=O)OC(C)(C)C. The lowest BCUT2D eigenvalue weighted by Crippen LogP contribution is -2.50. The molecule has 0 bridgehead atoms. The van der Waals surface area contributed by atoms with Gasteiger partial charge >= 0.3 is 6.09 Å². The standard InChI is InChI=1S/C16H26N2O2S/c1-12-10-13(17-11-14-6-5-9-21-14)7-8-18(12)15(19)20-16(2,3)4/h5-6,9,12-13,17H,7-8,10-11H2,1-4H3. The molecule has 0 saturated carbocycles. The fourth-order valence-electron chi connectivity index (χ4n) is 2.61. The largest absolute Gasteiger partial charge is 0.444 e. The molecule has 0 aromatic carbocycles. The van der Waals surface area contributed by atoms with Crippen molar-refractivity contribution in [3.8, 4) is 0 Å². The molecule has 2 heterocycles. The van der Waals surface area contributed by atoms with E-state index in [-0.39, 0.29) is 12.1 Å². The van der Waals surface area contributed by atoms with Gasteiger partial charge in [-0.25, -0.2) is 4.79 Å². The Labute approximate surface area is 131 Å². The van der Waals surface area contributed by atoms with Crippen LogP contribution in [0.15, 0.2) is 17.5 Å². The van der Waals surface area contributed by atoms with E-state index >= 15 is 0 Å². The number of carbonyl (C=O) groups is 1. The van der Waals surface area contributed by atoms with Crippen molar-refractivity contribution >= 4 is 17.4 Å². The number of ether oxygens (including phenoxy) is 1. The zero-order valence-corrected chi connectivity index (χ0v) is 14.2. The molecule has 2 atom stereocenters. The van der Waals surface area contributed by atoms with Crippen molar-refractivity contribution in [2.75, 3.05) is 6.54 Å². The van der Waals surface area contributed by atoms with Gasteiger partial charge in [0.1, 0.15) is 5.60 Å². The van der Waals surface area contributed by atoms with E-state index in [4.69, 9.17) is 4.74 Å². The number of thiophene rings is 1. The van der Waals surface area contributed by atoms with Crippen LogP contribution in [0.25, 0.3) is 0 Å². The Hall–Kier alpha value is -1.07. The van der Waals surface area contributed by atoms with Gasteiger partial charge in [-0.1, -0.05) is 6.07 Å². The van der Waals surface area contributed by atoms with Crippen molar-refractivity contribution in [1.29, 1.82) is 0 Å². The van der Waals surface area contributed by atoms with Crippen LogP contribution in [0.2, 0.25) is 0 Å². The third kappa shape index (κ3) is 5.00. The van der Waals surface area contributed by atoms with Gasteiger partial charge in [-0.3, -0.25) is 0 Å². The molecular weight excluding hydrogens is 284 g/mol. The van der Waals surface area contributed by atoms with Crippen LogP contribution >= 0.6 is 11.3 Å². The molecule has 1 aromatic rings.